The molecule has 88 valence electrons. The zero-order valence-corrected chi connectivity index (χ0v) is 12.9. The molecule has 0 aromatic heterocycles. The van der Waals surface area contributed by atoms with Gasteiger partial charge in [-0.05, 0) is 39.6 Å². The largest absolute Gasteiger partial charge is 0.297 e. The smallest absolute Gasteiger partial charge is 0.0802 e. The van der Waals surface area contributed by atoms with Gasteiger partial charge in [0.15, 0.2) is 0 Å². The Morgan fingerprint density at radius 1 is 1.31 bits per heavy atom. The van der Waals surface area contributed by atoms with Crippen molar-refractivity contribution in [1.29, 1.82) is 0 Å². The summed E-state index contributed by atoms with van der Waals surface area (Å²) in [5, 5.41) is 4.22. The molecule has 0 amide bonds. The fourth-order valence-electron chi connectivity index (χ4n) is 1.84. The molecule has 1 nitrogen and oxygen atoms in total. The number of benzene rings is 1. The Balaban J connectivity index is 2.13. The third-order valence-corrected chi connectivity index (χ3v) is 5.25. The number of hydrogen-bond acceptors (Lipinski definition) is 2. The van der Waals surface area contributed by atoms with E-state index in [1.54, 1.807) is 0 Å². The predicted octanol–water partition coefficient (Wildman–Crippen LogP) is 4.04. The van der Waals surface area contributed by atoms with Gasteiger partial charge in [0.2, 0.25) is 0 Å². The summed E-state index contributed by atoms with van der Waals surface area (Å²) in [6, 6.07) is 9.26. The van der Waals surface area contributed by atoms with Gasteiger partial charge >= 0.3 is 0 Å². The lowest BCUT2D eigenvalue weighted by Gasteiger charge is -2.27. The monoisotopic (exact) mass is 347 g/mol. The van der Waals surface area contributed by atoms with E-state index in [-0.39, 0.29) is 0 Å². The summed E-state index contributed by atoms with van der Waals surface area (Å²) in [4.78, 5) is 0. The first-order chi connectivity index (χ1) is 7.48. The molecule has 16 heavy (non-hydrogen) atoms. The Kier molecular flexibility index (Phi) is 3.86. The molecule has 1 saturated heterocycles. The van der Waals surface area contributed by atoms with Gasteiger partial charge in [0.05, 0.1) is 5.37 Å². The van der Waals surface area contributed by atoms with Gasteiger partial charge in [0, 0.05) is 15.4 Å². The van der Waals surface area contributed by atoms with Crippen LogP contribution in [0, 0.1) is 8.99 Å². The first-order valence-electron chi connectivity index (χ1n) is 5.60. The maximum atomic E-state index is 3.75. The number of halogens is 1. The number of thioether (sulfide) groups is 1. The average Bonchev–Trinajstić information content (AvgIpc) is 2.66. The summed E-state index contributed by atoms with van der Waals surface area (Å²) in [5.41, 5.74) is 1.78. The lowest BCUT2D eigenvalue weighted by atomic mass is 9.88. The van der Waals surface area contributed by atoms with E-state index in [2.05, 4.69) is 72.9 Å². The van der Waals surface area contributed by atoms with Crippen molar-refractivity contribution in [1.82, 2.24) is 5.32 Å². The van der Waals surface area contributed by atoms with E-state index in [9.17, 15) is 0 Å². The number of hydrogen-bond donors (Lipinski definition) is 1. The van der Waals surface area contributed by atoms with Crippen molar-refractivity contribution in [3.05, 3.63) is 33.4 Å². The van der Waals surface area contributed by atoms with Gasteiger partial charge in [-0.2, -0.15) is 0 Å². The molecule has 1 aromatic rings. The van der Waals surface area contributed by atoms with Crippen LogP contribution in [0.3, 0.4) is 0 Å². The summed E-state index contributed by atoms with van der Waals surface area (Å²) in [6.07, 6.45) is 0. The quantitative estimate of drug-likeness (QED) is 0.770. The van der Waals surface area contributed by atoms with Crippen molar-refractivity contribution in [2.24, 2.45) is 5.41 Å². The van der Waals surface area contributed by atoms with Crippen molar-refractivity contribution in [2.45, 2.75) is 32.2 Å². The molecule has 3 heteroatoms. The highest BCUT2D eigenvalue weighted by Gasteiger charge is 2.33. The van der Waals surface area contributed by atoms with Gasteiger partial charge in [0.1, 0.15) is 0 Å². The van der Waals surface area contributed by atoms with Crippen molar-refractivity contribution in [3.63, 3.8) is 0 Å². The normalized spacial score (nSPS) is 26.0. The molecule has 1 aliphatic heterocycles. The van der Waals surface area contributed by atoms with Crippen LogP contribution in [0.2, 0.25) is 0 Å². The summed E-state index contributed by atoms with van der Waals surface area (Å²) < 4.78 is 1.36. The average molecular weight is 347 g/mol. The first-order valence-corrected chi connectivity index (χ1v) is 7.73. The Morgan fingerprint density at radius 3 is 2.56 bits per heavy atom. The molecule has 2 atom stereocenters. The highest BCUT2D eigenvalue weighted by molar-refractivity contribution is 14.1. The number of nitrogens with one attached hydrogen (secondary N) is 1. The second-order valence-corrected chi connectivity index (χ2v) is 7.62. The molecular weight excluding hydrogens is 329 g/mol. The van der Waals surface area contributed by atoms with E-state index in [1.165, 1.54) is 14.9 Å². The minimum Gasteiger partial charge on any atom is -0.297 e. The fourth-order valence-corrected chi connectivity index (χ4v) is 4.38. The van der Waals surface area contributed by atoms with Crippen LogP contribution in [-0.4, -0.2) is 11.8 Å². The van der Waals surface area contributed by atoms with E-state index < -0.39 is 0 Å². The lowest BCUT2D eigenvalue weighted by molar-refractivity contribution is 0.298. The Labute approximate surface area is 116 Å². The van der Waals surface area contributed by atoms with Crippen molar-refractivity contribution < 1.29 is 0 Å². The van der Waals surface area contributed by atoms with Gasteiger partial charge in [-0.1, -0.05) is 39.0 Å². The Morgan fingerprint density at radius 2 is 2.00 bits per heavy atom. The highest BCUT2D eigenvalue weighted by Crippen LogP contribution is 2.39. The molecule has 1 aromatic carbocycles. The van der Waals surface area contributed by atoms with E-state index in [4.69, 9.17) is 0 Å². The van der Waals surface area contributed by atoms with Crippen LogP contribution >= 0.6 is 34.4 Å². The first kappa shape index (κ1) is 12.7. The summed E-state index contributed by atoms with van der Waals surface area (Å²) in [5.74, 6) is 1.21. The van der Waals surface area contributed by atoms with E-state index in [0.29, 0.717) is 16.8 Å². The van der Waals surface area contributed by atoms with Gasteiger partial charge in [-0.25, -0.2) is 0 Å². The molecular formula is C13H18INS. The van der Waals surface area contributed by atoms with Crippen LogP contribution in [0.25, 0.3) is 0 Å². The van der Waals surface area contributed by atoms with Crippen molar-refractivity contribution in [3.8, 4) is 0 Å². The van der Waals surface area contributed by atoms with E-state index in [1.807, 2.05) is 11.8 Å². The fraction of sp³-hybridized carbons (Fsp3) is 0.538. The molecule has 1 N–H and O–H groups in total. The van der Waals surface area contributed by atoms with Crippen LogP contribution < -0.4 is 5.32 Å². The van der Waals surface area contributed by atoms with Crippen LogP contribution in [0.1, 0.15) is 31.7 Å². The lowest BCUT2D eigenvalue weighted by Crippen LogP contribution is -2.37. The molecule has 1 fully saturated rings. The summed E-state index contributed by atoms with van der Waals surface area (Å²) >= 11 is 4.45. The molecule has 0 saturated carbocycles. The van der Waals surface area contributed by atoms with Crippen molar-refractivity contribution >= 4 is 34.4 Å². The molecule has 0 aliphatic carbocycles. The predicted molar refractivity (Wildman–Crippen MR) is 80.7 cm³/mol. The van der Waals surface area contributed by atoms with E-state index >= 15 is 0 Å². The van der Waals surface area contributed by atoms with Crippen molar-refractivity contribution in [2.75, 3.05) is 5.75 Å². The van der Waals surface area contributed by atoms with Gasteiger partial charge < -0.3 is 0 Å². The minimum absolute atomic E-state index is 0.349. The maximum absolute atomic E-state index is 3.75. The molecule has 0 radical (unpaired) electrons. The molecule has 1 heterocycles. The summed E-state index contributed by atoms with van der Waals surface area (Å²) in [6.45, 7) is 6.93. The third kappa shape index (κ3) is 2.74. The Hall–Kier alpha value is 0.260. The second kappa shape index (κ2) is 4.86. The number of rotatable bonds is 1. The highest BCUT2D eigenvalue weighted by atomic mass is 127. The maximum Gasteiger partial charge on any atom is 0.0802 e. The zero-order chi connectivity index (χ0) is 11.8. The van der Waals surface area contributed by atoms with Crippen LogP contribution in [-0.2, 0) is 0 Å². The van der Waals surface area contributed by atoms with Crippen LogP contribution in [0.5, 0.6) is 0 Å². The van der Waals surface area contributed by atoms with Gasteiger partial charge in [0.25, 0.3) is 0 Å². The van der Waals surface area contributed by atoms with Crippen LogP contribution in [0.15, 0.2) is 24.3 Å². The Bertz CT molecular complexity index is 372. The minimum atomic E-state index is 0.349. The van der Waals surface area contributed by atoms with Crippen LogP contribution in [0.4, 0.5) is 0 Å². The topological polar surface area (TPSA) is 12.0 Å². The molecule has 0 unspecified atom stereocenters. The molecule has 2 rings (SSSR count). The SMILES string of the molecule is CC(C)(C)[C@H]1CS[C@@H](c2ccccc2I)N1. The molecule has 1 aliphatic rings. The van der Waals surface area contributed by atoms with E-state index in [0.717, 1.165) is 0 Å². The molecule has 0 spiro atoms. The van der Waals surface area contributed by atoms with Gasteiger partial charge in [-0.15, -0.1) is 11.8 Å². The van der Waals surface area contributed by atoms with Gasteiger partial charge in [-0.3, -0.25) is 5.32 Å². The second-order valence-electron chi connectivity index (χ2n) is 5.32. The third-order valence-electron chi connectivity index (χ3n) is 3.02. The summed E-state index contributed by atoms with van der Waals surface area (Å²) in [7, 11) is 0. The molecule has 0 bridgehead atoms. The standard InChI is InChI=1S/C13H18INS/c1-13(2,3)11-8-16-12(15-11)9-6-4-5-7-10(9)14/h4-7,11-12,15H,8H2,1-3H3/t11-,12+/m1/s1. The zero-order valence-electron chi connectivity index (χ0n) is 9.96.